The summed E-state index contributed by atoms with van der Waals surface area (Å²) in [6, 6.07) is 14.4. The molecule has 0 atom stereocenters. The van der Waals surface area contributed by atoms with Gasteiger partial charge in [0.1, 0.15) is 5.75 Å². The van der Waals surface area contributed by atoms with Crippen molar-refractivity contribution in [2.45, 2.75) is 52.0 Å². The molecule has 3 rings (SSSR count). The van der Waals surface area contributed by atoms with Gasteiger partial charge in [0.25, 0.3) is 11.8 Å². The molecular formula is C24H30N2O3. The molecule has 2 amide bonds. The molecule has 0 unspecified atom stereocenters. The molecule has 29 heavy (non-hydrogen) atoms. The van der Waals surface area contributed by atoms with Crippen LogP contribution in [0.3, 0.4) is 0 Å². The van der Waals surface area contributed by atoms with E-state index >= 15 is 0 Å². The van der Waals surface area contributed by atoms with Crippen LogP contribution in [0.15, 0.2) is 48.5 Å². The maximum atomic E-state index is 12.7. The Hall–Kier alpha value is -2.82. The van der Waals surface area contributed by atoms with Crippen molar-refractivity contribution in [1.29, 1.82) is 0 Å². The number of hydrogen-bond donors (Lipinski definition) is 2. The number of ether oxygens (including phenoxy) is 1. The standard InChI is InChI=1S/C24H30N2O3/c1-17(2)16-29-20-14-12-18(13-15-20)23(27)26-22-11-7-6-10-21(22)24(28)25-19-8-4-3-5-9-19/h6-7,10-15,17,19H,3-5,8-9,16H2,1-2H3,(H,25,28)(H,26,27). The maximum Gasteiger partial charge on any atom is 0.255 e. The highest BCUT2D eigenvalue weighted by Gasteiger charge is 2.19. The van der Waals surface area contributed by atoms with E-state index in [-0.39, 0.29) is 17.9 Å². The van der Waals surface area contributed by atoms with Crippen LogP contribution in [0.1, 0.15) is 66.7 Å². The summed E-state index contributed by atoms with van der Waals surface area (Å²) in [5, 5.41) is 5.99. The van der Waals surface area contributed by atoms with Crippen LogP contribution in [0.5, 0.6) is 5.75 Å². The second-order valence-corrected chi connectivity index (χ2v) is 8.04. The molecule has 0 spiro atoms. The van der Waals surface area contributed by atoms with E-state index in [2.05, 4.69) is 24.5 Å². The van der Waals surface area contributed by atoms with E-state index in [4.69, 9.17) is 4.74 Å². The van der Waals surface area contributed by atoms with Gasteiger partial charge < -0.3 is 15.4 Å². The van der Waals surface area contributed by atoms with Gasteiger partial charge in [-0.15, -0.1) is 0 Å². The fraction of sp³-hybridized carbons (Fsp3) is 0.417. The lowest BCUT2D eigenvalue weighted by molar-refractivity contribution is 0.0928. The van der Waals surface area contributed by atoms with E-state index in [9.17, 15) is 9.59 Å². The lowest BCUT2D eigenvalue weighted by Gasteiger charge is -2.23. The van der Waals surface area contributed by atoms with E-state index < -0.39 is 0 Å². The number of carbonyl (C=O) groups is 2. The van der Waals surface area contributed by atoms with Crippen molar-refractivity contribution in [2.24, 2.45) is 5.92 Å². The Labute approximate surface area is 172 Å². The summed E-state index contributed by atoms with van der Waals surface area (Å²) in [6.07, 6.45) is 5.58. The summed E-state index contributed by atoms with van der Waals surface area (Å²) in [4.78, 5) is 25.4. The van der Waals surface area contributed by atoms with E-state index in [1.807, 2.05) is 12.1 Å². The Morgan fingerprint density at radius 1 is 0.966 bits per heavy atom. The molecule has 0 heterocycles. The normalized spacial score (nSPS) is 14.4. The van der Waals surface area contributed by atoms with E-state index in [1.165, 1.54) is 6.42 Å². The Bertz CT molecular complexity index is 824. The van der Waals surface area contributed by atoms with Gasteiger partial charge in [-0.25, -0.2) is 0 Å². The first-order valence-electron chi connectivity index (χ1n) is 10.5. The van der Waals surface area contributed by atoms with Crippen LogP contribution in [0.2, 0.25) is 0 Å². The second-order valence-electron chi connectivity index (χ2n) is 8.04. The zero-order valence-corrected chi connectivity index (χ0v) is 17.2. The van der Waals surface area contributed by atoms with Crippen molar-refractivity contribution < 1.29 is 14.3 Å². The van der Waals surface area contributed by atoms with Crippen molar-refractivity contribution >= 4 is 17.5 Å². The quantitative estimate of drug-likeness (QED) is 0.692. The molecule has 1 fully saturated rings. The second kappa shape index (κ2) is 10.1. The lowest BCUT2D eigenvalue weighted by atomic mass is 9.95. The van der Waals surface area contributed by atoms with Crippen molar-refractivity contribution in [3.63, 3.8) is 0 Å². The number of para-hydroxylation sites is 1. The van der Waals surface area contributed by atoms with Gasteiger partial charge in [-0.2, -0.15) is 0 Å². The van der Waals surface area contributed by atoms with Crippen LogP contribution in [0.4, 0.5) is 5.69 Å². The van der Waals surface area contributed by atoms with Gasteiger partial charge >= 0.3 is 0 Å². The van der Waals surface area contributed by atoms with Gasteiger partial charge in [-0.05, 0) is 55.2 Å². The summed E-state index contributed by atoms with van der Waals surface area (Å²) >= 11 is 0. The molecule has 0 bridgehead atoms. The Balaban J connectivity index is 1.65. The summed E-state index contributed by atoms with van der Waals surface area (Å²) < 4.78 is 5.66. The third-order valence-corrected chi connectivity index (χ3v) is 5.06. The van der Waals surface area contributed by atoms with Crippen LogP contribution in [-0.2, 0) is 0 Å². The van der Waals surface area contributed by atoms with Crippen molar-refractivity contribution in [3.8, 4) is 5.75 Å². The zero-order chi connectivity index (χ0) is 20.6. The fourth-order valence-corrected chi connectivity index (χ4v) is 3.46. The van der Waals surface area contributed by atoms with Crippen molar-refractivity contribution in [1.82, 2.24) is 5.32 Å². The Morgan fingerprint density at radius 3 is 2.34 bits per heavy atom. The molecule has 2 aromatic carbocycles. The Kier molecular flexibility index (Phi) is 7.28. The topological polar surface area (TPSA) is 67.4 Å². The zero-order valence-electron chi connectivity index (χ0n) is 17.2. The third kappa shape index (κ3) is 6.08. The van der Waals surface area contributed by atoms with Crippen LogP contribution in [0, 0.1) is 5.92 Å². The molecule has 0 saturated heterocycles. The van der Waals surface area contributed by atoms with Crippen LogP contribution in [0.25, 0.3) is 0 Å². The van der Waals surface area contributed by atoms with Gasteiger partial charge in [0, 0.05) is 11.6 Å². The summed E-state index contributed by atoms with van der Waals surface area (Å²) in [7, 11) is 0. The van der Waals surface area contributed by atoms with E-state index in [0.717, 1.165) is 31.4 Å². The monoisotopic (exact) mass is 394 g/mol. The molecule has 5 heteroatoms. The molecule has 0 radical (unpaired) electrons. The molecule has 5 nitrogen and oxygen atoms in total. The number of nitrogens with one attached hydrogen (secondary N) is 2. The highest BCUT2D eigenvalue weighted by Crippen LogP contribution is 2.21. The fourth-order valence-electron chi connectivity index (χ4n) is 3.46. The molecule has 2 N–H and O–H groups in total. The first-order valence-corrected chi connectivity index (χ1v) is 10.5. The maximum absolute atomic E-state index is 12.7. The molecule has 1 aliphatic carbocycles. The largest absolute Gasteiger partial charge is 0.493 e. The molecular weight excluding hydrogens is 364 g/mol. The molecule has 0 aliphatic heterocycles. The van der Waals surface area contributed by atoms with E-state index in [1.54, 1.807) is 36.4 Å². The summed E-state index contributed by atoms with van der Waals surface area (Å²) in [6.45, 7) is 4.81. The van der Waals surface area contributed by atoms with Gasteiger partial charge in [-0.1, -0.05) is 45.2 Å². The van der Waals surface area contributed by atoms with Crippen LogP contribution >= 0.6 is 0 Å². The first kappa shape index (κ1) is 20.9. The van der Waals surface area contributed by atoms with Gasteiger partial charge in [0.2, 0.25) is 0 Å². The molecule has 0 aromatic heterocycles. The lowest BCUT2D eigenvalue weighted by Crippen LogP contribution is -2.36. The number of benzene rings is 2. The van der Waals surface area contributed by atoms with E-state index in [0.29, 0.717) is 29.3 Å². The van der Waals surface area contributed by atoms with Gasteiger partial charge in [0.05, 0.1) is 17.9 Å². The third-order valence-electron chi connectivity index (χ3n) is 5.06. The average Bonchev–Trinajstić information content (AvgIpc) is 2.73. The van der Waals surface area contributed by atoms with Crippen LogP contribution in [-0.4, -0.2) is 24.5 Å². The number of rotatable bonds is 7. The average molecular weight is 395 g/mol. The number of amides is 2. The minimum Gasteiger partial charge on any atom is -0.493 e. The minimum atomic E-state index is -0.252. The first-order chi connectivity index (χ1) is 14.0. The molecule has 2 aromatic rings. The van der Waals surface area contributed by atoms with Crippen molar-refractivity contribution in [2.75, 3.05) is 11.9 Å². The number of hydrogen-bond acceptors (Lipinski definition) is 3. The highest BCUT2D eigenvalue weighted by molar-refractivity contribution is 6.09. The summed E-state index contributed by atoms with van der Waals surface area (Å²) in [5.74, 6) is 0.792. The van der Waals surface area contributed by atoms with Gasteiger partial charge in [0.15, 0.2) is 0 Å². The predicted octanol–water partition coefficient (Wildman–Crippen LogP) is 5.04. The Morgan fingerprint density at radius 2 is 1.66 bits per heavy atom. The minimum absolute atomic E-state index is 0.134. The SMILES string of the molecule is CC(C)COc1ccc(C(=O)Nc2ccccc2C(=O)NC2CCCCC2)cc1. The molecule has 1 aliphatic rings. The predicted molar refractivity (Wildman–Crippen MR) is 116 cm³/mol. The number of carbonyl (C=O) groups excluding carboxylic acids is 2. The van der Waals surface area contributed by atoms with Gasteiger partial charge in [-0.3, -0.25) is 9.59 Å². The molecule has 154 valence electrons. The van der Waals surface area contributed by atoms with Crippen LogP contribution < -0.4 is 15.4 Å². The molecule has 1 saturated carbocycles. The summed E-state index contributed by atoms with van der Waals surface area (Å²) in [5.41, 5.74) is 1.53. The van der Waals surface area contributed by atoms with Crippen molar-refractivity contribution in [3.05, 3.63) is 59.7 Å². The smallest absolute Gasteiger partial charge is 0.255 e. The number of anilines is 1. The highest BCUT2D eigenvalue weighted by atomic mass is 16.5.